The first-order valence-electron chi connectivity index (χ1n) is 12.0. The Kier molecular flexibility index (Phi) is 6.68. The lowest BCUT2D eigenvalue weighted by Gasteiger charge is -2.36. The van der Waals surface area contributed by atoms with Crippen molar-refractivity contribution < 1.29 is 19.0 Å². The molecule has 1 aliphatic rings. The SMILES string of the molecule is COc1ccc(N2CCN(C(=O)c3nn(-c4ccc(OC)cc4OC)c(=O)c4ccccc34)CC2)cc1. The molecule has 0 aliphatic carbocycles. The number of ether oxygens (including phenoxy) is 3. The third-order valence-corrected chi connectivity index (χ3v) is 6.63. The molecule has 0 unspecified atom stereocenters. The van der Waals surface area contributed by atoms with E-state index in [1.807, 2.05) is 24.3 Å². The molecule has 0 spiro atoms. The topological polar surface area (TPSA) is 86.1 Å². The van der Waals surface area contributed by atoms with E-state index in [2.05, 4.69) is 10.00 Å². The Morgan fingerprint density at radius 3 is 2.08 bits per heavy atom. The average Bonchev–Trinajstić information content (AvgIpc) is 2.97. The van der Waals surface area contributed by atoms with Crippen LogP contribution in [0.3, 0.4) is 0 Å². The second-order valence-corrected chi connectivity index (χ2v) is 8.63. The molecule has 1 aromatic heterocycles. The minimum absolute atomic E-state index is 0.216. The van der Waals surface area contributed by atoms with Crippen molar-refractivity contribution in [2.75, 3.05) is 52.4 Å². The normalized spacial score (nSPS) is 13.5. The van der Waals surface area contributed by atoms with Gasteiger partial charge in [-0.25, -0.2) is 0 Å². The predicted octanol–water partition coefficient (Wildman–Crippen LogP) is 3.37. The first-order chi connectivity index (χ1) is 18.0. The third-order valence-electron chi connectivity index (χ3n) is 6.63. The van der Waals surface area contributed by atoms with Crippen molar-refractivity contribution in [2.24, 2.45) is 0 Å². The molecule has 0 atom stereocenters. The van der Waals surface area contributed by atoms with E-state index in [0.29, 0.717) is 54.1 Å². The van der Waals surface area contributed by atoms with Gasteiger partial charge in [0, 0.05) is 43.3 Å². The number of benzene rings is 3. The van der Waals surface area contributed by atoms with Crippen LogP contribution in [0, 0.1) is 0 Å². The maximum Gasteiger partial charge on any atom is 0.279 e. The van der Waals surface area contributed by atoms with Crippen LogP contribution in [-0.2, 0) is 0 Å². The number of anilines is 1. The molecule has 0 bridgehead atoms. The van der Waals surface area contributed by atoms with Gasteiger partial charge in [0.1, 0.15) is 22.9 Å². The van der Waals surface area contributed by atoms with Gasteiger partial charge in [0.05, 0.1) is 26.7 Å². The number of nitrogens with zero attached hydrogens (tertiary/aromatic N) is 4. The Morgan fingerprint density at radius 1 is 0.784 bits per heavy atom. The van der Waals surface area contributed by atoms with Gasteiger partial charge in [-0.05, 0) is 42.5 Å². The van der Waals surface area contributed by atoms with Gasteiger partial charge in [-0.3, -0.25) is 9.59 Å². The van der Waals surface area contributed by atoms with Crippen LogP contribution < -0.4 is 24.7 Å². The monoisotopic (exact) mass is 500 g/mol. The second kappa shape index (κ2) is 10.2. The van der Waals surface area contributed by atoms with Crippen LogP contribution in [0.25, 0.3) is 16.5 Å². The maximum absolute atomic E-state index is 13.8. The first-order valence-corrected chi connectivity index (χ1v) is 12.0. The largest absolute Gasteiger partial charge is 0.497 e. The number of hydrogen-bond acceptors (Lipinski definition) is 7. The van der Waals surface area contributed by atoms with Gasteiger partial charge in [-0.15, -0.1) is 0 Å². The zero-order valence-corrected chi connectivity index (χ0v) is 21.0. The van der Waals surface area contributed by atoms with Crippen molar-refractivity contribution in [1.29, 1.82) is 0 Å². The number of methoxy groups -OCH3 is 3. The van der Waals surface area contributed by atoms with Crippen LogP contribution in [-0.4, -0.2) is 68.1 Å². The summed E-state index contributed by atoms with van der Waals surface area (Å²) in [5.41, 5.74) is 1.40. The number of piperazine rings is 1. The molecule has 0 N–H and O–H groups in total. The molecular formula is C28H28N4O5. The van der Waals surface area contributed by atoms with Gasteiger partial charge in [-0.1, -0.05) is 18.2 Å². The van der Waals surface area contributed by atoms with Gasteiger partial charge in [0.2, 0.25) is 0 Å². The highest BCUT2D eigenvalue weighted by atomic mass is 16.5. The maximum atomic E-state index is 13.8. The highest BCUT2D eigenvalue weighted by molar-refractivity contribution is 6.05. The first kappa shape index (κ1) is 24.2. The Balaban J connectivity index is 1.48. The lowest BCUT2D eigenvalue weighted by atomic mass is 10.1. The zero-order chi connectivity index (χ0) is 25.9. The number of carbonyl (C=O) groups is 1. The predicted molar refractivity (Wildman–Crippen MR) is 142 cm³/mol. The van der Waals surface area contributed by atoms with Crippen molar-refractivity contribution in [3.8, 4) is 22.9 Å². The highest BCUT2D eigenvalue weighted by Gasteiger charge is 2.27. The van der Waals surface area contributed by atoms with E-state index >= 15 is 0 Å². The molecular weight excluding hydrogens is 472 g/mol. The average molecular weight is 501 g/mol. The Bertz CT molecular complexity index is 1490. The molecule has 5 rings (SSSR count). The van der Waals surface area contributed by atoms with Crippen LogP contribution in [0.15, 0.2) is 71.5 Å². The quantitative estimate of drug-likeness (QED) is 0.401. The van der Waals surface area contributed by atoms with Crippen molar-refractivity contribution in [3.63, 3.8) is 0 Å². The Hall–Kier alpha value is -4.53. The molecule has 3 aromatic carbocycles. The van der Waals surface area contributed by atoms with Crippen LogP contribution in [0.2, 0.25) is 0 Å². The lowest BCUT2D eigenvalue weighted by Crippen LogP contribution is -2.49. The minimum atomic E-state index is -0.333. The molecule has 1 fully saturated rings. The van der Waals surface area contributed by atoms with Crippen molar-refractivity contribution >= 4 is 22.4 Å². The molecule has 4 aromatic rings. The standard InChI is InChI=1S/C28H28N4O5/c1-35-20-10-8-19(9-11-20)30-14-16-31(17-15-30)28(34)26-22-6-4-5-7-23(22)27(33)32(29-26)24-13-12-21(36-2)18-25(24)37-3/h4-13,18H,14-17H2,1-3H3. The lowest BCUT2D eigenvalue weighted by molar-refractivity contribution is 0.0741. The summed E-state index contributed by atoms with van der Waals surface area (Å²) in [5, 5.41) is 5.51. The van der Waals surface area contributed by atoms with E-state index in [0.717, 1.165) is 11.4 Å². The zero-order valence-electron chi connectivity index (χ0n) is 21.0. The van der Waals surface area contributed by atoms with E-state index in [4.69, 9.17) is 14.2 Å². The third kappa shape index (κ3) is 4.55. The van der Waals surface area contributed by atoms with Gasteiger partial charge in [-0.2, -0.15) is 9.78 Å². The van der Waals surface area contributed by atoms with Crippen molar-refractivity contribution in [2.45, 2.75) is 0 Å². The molecule has 190 valence electrons. The highest BCUT2D eigenvalue weighted by Crippen LogP contribution is 2.28. The second-order valence-electron chi connectivity index (χ2n) is 8.63. The molecule has 0 saturated carbocycles. The molecule has 9 heteroatoms. The number of rotatable bonds is 6. The summed E-state index contributed by atoms with van der Waals surface area (Å²) in [7, 11) is 4.71. The van der Waals surface area contributed by atoms with Crippen molar-refractivity contribution in [1.82, 2.24) is 14.7 Å². The van der Waals surface area contributed by atoms with Crippen LogP contribution in [0.1, 0.15) is 10.5 Å². The fraction of sp³-hybridized carbons (Fsp3) is 0.250. The molecule has 1 saturated heterocycles. The summed E-state index contributed by atoms with van der Waals surface area (Å²) in [4.78, 5) is 31.2. The van der Waals surface area contributed by atoms with E-state index in [-0.39, 0.29) is 17.2 Å². The van der Waals surface area contributed by atoms with E-state index in [1.54, 1.807) is 61.6 Å². The molecule has 1 amide bonds. The van der Waals surface area contributed by atoms with Crippen LogP contribution in [0.4, 0.5) is 5.69 Å². The molecule has 9 nitrogen and oxygen atoms in total. The molecule has 2 heterocycles. The van der Waals surface area contributed by atoms with Gasteiger partial charge >= 0.3 is 0 Å². The van der Waals surface area contributed by atoms with E-state index in [1.165, 1.54) is 11.8 Å². The number of fused-ring (bicyclic) bond motifs is 1. The molecule has 37 heavy (non-hydrogen) atoms. The number of carbonyl (C=O) groups excluding carboxylic acids is 1. The number of aromatic nitrogens is 2. The van der Waals surface area contributed by atoms with E-state index < -0.39 is 0 Å². The summed E-state index contributed by atoms with van der Waals surface area (Å²) in [6, 6.07) is 20.1. The minimum Gasteiger partial charge on any atom is -0.497 e. The molecule has 1 aliphatic heterocycles. The summed E-state index contributed by atoms with van der Waals surface area (Å²) in [6.07, 6.45) is 0. The van der Waals surface area contributed by atoms with E-state index in [9.17, 15) is 9.59 Å². The van der Waals surface area contributed by atoms with Gasteiger partial charge in [0.15, 0.2) is 5.69 Å². The van der Waals surface area contributed by atoms with Gasteiger partial charge in [0.25, 0.3) is 11.5 Å². The van der Waals surface area contributed by atoms with Crippen molar-refractivity contribution in [3.05, 3.63) is 82.8 Å². The smallest absolute Gasteiger partial charge is 0.279 e. The fourth-order valence-electron chi connectivity index (χ4n) is 4.58. The Morgan fingerprint density at radius 2 is 1.43 bits per heavy atom. The summed E-state index contributed by atoms with van der Waals surface area (Å²) in [5.74, 6) is 1.59. The number of amides is 1. The van der Waals surface area contributed by atoms with Gasteiger partial charge < -0.3 is 24.0 Å². The van der Waals surface area contributed by atoms with Crippen LogP contribution in [0.5, 0.6) is 17.2 Å². The Labute approximate surface area is 214 Å². The molecule has 0 radical (unpaired) electrons. The van der Waals surface area contributed by atoms with Crippen LogP contribution >= 0.6 is 0 Å². The summed E-state index contributed by atoms with van der Waals surface area (Å²) < 4.78 is 17.3. The fourth-order valence-corrected chi connectivity index (χ4v) is 4.58. The summed E-state index contributed by atoms with van der Waals surface area (Å²) >= 11 is 0. The number of hydrogen-bond donors (Lipinski definition) is 0. The summed E-state index contributed by atoms with van der Waals surface area (Å²) in [6.45, 7) is 2.43.